The van der Waals surface area contributed by atoms with Crippen molar-refractivity contribution in [2.45, 2.75) is 22.7 Å². The van der Waals surface area contributed by atoms with Crippen LogP contribution >= 0.6 is 34.8 Å². The summed E-state index contributed by atoms with van der Waals surface area (Å²) in [6.45, 7) is 1.42. The molecule has 1 aliphatic heterocycles. The molecule has 7 rings (SSSR count). The van der Waals surface area contributed by atoms with Gasteiger partial charge in [0.05, 0.1) is 11.8 Å². The highest BCUT2D eigenvalue weighted by atomic mass is 35.5. The molecule has 1 fully saturated rings. The Morgan fingerprint density at radius 1 is 0.763 bits per heavy atom. The van der Waals surface area contributed by atoms with E-state index in [4.69, 9.17) is 34.8 Å². The van der Waals surface area contributed by atoms with Gasteiger partial charge in [0.2, 0.25) is 11.8 Å². The first-order valence-electron chi connectivity index (χ1n) is 11.9. The third-order valence-corrected chi connectivity index (χ3v) is 9.33. The molecule has 4 amide bonds. The number of hydrogen-bond acceptors (Lipinski definition) is 4. The van der Waals surface area contributed by atoms with Gasteiger partial charge in [-0.15, -0.1) is 23.2 Å². The Kier molecular flexibility index (Phi) is 5.61. The minimum absolute atomic E-state index is 0.266. The average Bonchev–Trinajstić information content (AvgIpc) is 3.21. The van der Waals surface area contributed by atoms with E-state index in [1.807, 2.05) is 48.5 Å². The summed E-state index contributed by atoms with van der Waals surface area (Å²) in [6.07, 6.45) is 0. The van der Waals surface area contributed by atoms with Crippen LogP contribution in [0.25, 0.3) is 0 Å². The van der Waals surface area contributed by atoms with Gasteiger partial charge < -0.3 is 0 Å². The number of rotatable bonds is 3. The summed E-state index contributed by atoms with van der Waals surface area (Å²) in [4.78, 5) is 51.5. The molecule has 7 nitrogen and oxygen atoms in total. The van der Waals surface area contributed by atoms with Gasteiger partial charge in [0.25, 0.3) is 11.8 Å². The van der Waals surface area contributed by atoms with Crippen LogP contribution in [0, 0.1) is 11.8 Å². The number of hydrogen-bond donors (Lipinski definition) is 2. The zero-order chi connectivity index (χ0) is 27.0. The van der Waals surface area contributed by atoms with E-state index < -0.39 is 51.3 Å². The van der Waals surface area contributed by atoms with Crippen LogP contribution in [0.3, 0.4) is 0 Å². The first-order chi connectivity index (χ1) is 18.1. The summed E-state index contributed by atoms with van der Waals surface area (Å²) >= 11 is 20.6. The molecule has 4 aliphatic rings. The molecule has 3 aromatic rings. The molecule has 192 valence electrons. The molecule has 3 aromatic carbocycles. The van der Waals surface area contributed by atoms with E-state index in [0.717, 1.165) is 4.90 Å². The van der Waals surface area contributed by atoms with Gasteiger partial charge in [-0.25, -0.2) is 0 Å². The quantitative estimate of drug-likeness (QED) is 0.283. The zero-order valence-electron chi connectivity index (χ0n) is 19.9. The second kappa shape index (κ2) is 8.56. The average molecular weight is 569 g/mol. The number of imide groups is 1. The molecule has 1 heterocycles. The number of halogens is 3. The van der Waals surface area contributed by atoms with Crippen LogP contribution in [0.4, 0.5) is 0 Å². The van der Waals surface area contributed by atoms with Gasteiger partial charge >= 0.3 is 0 Å². The molecule has 38 heavy (non-hydrogen) atoms. The molecule has 1 saturated heterocycles. The molecular weight excluding hydrogens is 549 g/mol. The van der Waals surface area contributed by atoms with Crippen LogP contribution in [-0.4, -0.2) is 34.6 Å². The Morgan fingerprint density at radius 3 is 1.61 bits per heavy atom. The lowest BCUT2D eigenvalue weighted by Crippen LogP contribution is -2.57. The highest BCUT2D eigenvalue weighted by Crippen LogP contribution is 2.69. The van der Waals surface area contributed by atoms with Crippen LogP contribution in [0.1, 0.15) is 39.5 Å². The molecule has 2 N–H and O–H groups in total. The lowest BCUT2D eigenvalue weighted by Gasteiger charge is -2.54. The van der Waals surface area contributed by atoms with Crippen LogP contribution in [0.2, 0.25) is 5.02 Å². The Balaban J connectivity index is 1.33. The third kappa shape index (κ3) is 3.16. The maximum atomic E-state index is 13.9. The zero-order valence-corrected chi connectivity index (χ0v) is 22.1. The van der Waals surface area contributed by atoms with Crippen molar-refractivity contribution < 1.29 is 19.2 Å². The first-order valence-corrected chi connectivity index (χ1v) is 13.1. The van der Waals surface area contributed by atoms with Crippen molar-refractivity contribution >= 4 is 58.4 Å². The SMILES string of the molecule is C[C@H](C(=O)NNC(=O)c1ccc(Cl)cc1)N1C(=O)[C@@H]2[C@@H](C1=O)C1(Cl)c3ccccc3C2(Cl)c2ccccc21. The van der Waals surface area contributed by atoms with Crippen molar-refractivity contribution in [1.82, 2.24) is 15.8 Å². The van der Waals surface area contributed by atoms with Crippen LogP contribution < -0.4 is 10.9 Å². The van der Waals surface area contributed by atoms with Crippen molar-refractivity contribution in [3.8, 4) is 0 Å². The van der Waals surface area contributed by atoms with Crippen molar-refractivity contribution in [1.29, 1.82) is 0 Å². The number of carbonyl (C=O) groups excluding carboxylic acids is 4. The molecule has 10 heteroatoms. The normalized spacial score (nSPS) is 27.3. The van der Waals surface area contributed by atoms with Gasteiger partial charge in [-0.05, 0) is 53.4 Å². The van der Waals surface area contributed by atoms with E-state index in [1.54, 1.807) is 12.1 Å². The first kappa shape index (κ1) is 24.9. The fourth-order valence-corrected chi connectivity index (χ4v) is 7.31. The molecule has 3 atom stereocenters. The largest absolute Gasteiger partial charge is 0.274 e. The van der Waals surface area contributed by atoms with E-state index in [-0.39, 0.29) is 5.56 Å². The molecule has 0 saturated carbocycles. The Bertz CT molecular complexity index is 1420. The van der Waals surface area contributed by atoms with E-state index in [0.29, 0.717) is 27.3 Å². The Labute approximate surface area is 233 Å². The number of hydrazine groups is 1. The summed E-state index contributed by atoms with van der Waals surface area (Å²) in [5, 5.41) is 0.458. The summed E-state index contributed by atoms with van der Waals surface area (Å²) < 4.78 is 0. The van der Waals surface area contributed by atoms with Gasteiger partial charge in [-0.1, -0.05) is 60.1 Å². The van der Waals surface area contributed by atoms with E-state index >= 15 is 0 Å². The van der Waals surface area contributed by atoms with Gasteiger partial charge in [0.15, 0.2) is 0 Å². The number of benzene rings is 3. The van der Waals surface area contributed by atoms with Crippen molar-refractivity contribution in [2.75, 3.05) is 0 Å². The number of carbonyl (C=O) groups is 4. The maximum absolute atomic E-state index is 13.9. The minimum Gasteiger partial charge on any atom is -0.274 e. The number of amides is 4. The number of nitrogens with one attached hydrogen (secondary N) is 2. The highest BCUT2D eigenvalue weighted by Gasteiger charge is 2.73. The number of likely N-dealkylation sites (tertiary alicyclic amines) is 1. The molecular formula is C28H20Cl3N3O4. The van der Waals surface area contributed by atoms with Crippen LogP contribution in [0.15, 0.2) is 72.8 Å². The van der Waals surface area contributed by atoms with Gasteiger partial charge in [-0.2, -0.15) is 0 Å². The van der Waals surface area contributed by atoms with E-state index in [1.165, 1.54) is 19.1 Å². The summed E-state index contributed by atoms with van der Waals surface area (Å²) in [5.41, 5.74) is 7.57. The lowest BCUT2D eigenvalue weighted by atomic mass is 9.54. The molecule has 2 bridgehead atoms. The van der Waals surface area contributed by atoms with Crippen LogP contribution in [-0.2, 0) is 24.1 Å². The van der Waals surface area contributed by atoms with Crippen molar-refractivity contribution in [3.63, 3.8) is 0 Å². The van der Waals surface area contributed by atoms with Crippen molar-refractivity contribution in [2.24, 2.45) is 11.8 Å². The van der Waals surface area contributed by atoms with E-state index in [9.17, 15) is 19.2 Å². The third-order valence-electron chi connectivity index (χ3n) is 7.79. The molecule has 0 aromatic heterocycles. The van der Waals surface area contributed by atoms with Gasteiger partial charge in [0, 0.05) is 10.6 Å². The second-order valence-corrected chi connectivity index (χ2v) is 11.3. The highest BCUT2D eigenvalue weighted by molar-refractivity contribution is 6.36. The Morgan fingerprint density at radius 2 is 1.18 bits per heavy atom. The van der Waals surface area contributed by atoms with E-state index in [2.05, 4.69) is 10.9 Å². The summed E-state index contributed by atoms with van der Waals surface area (Å²) in [5.74, 6) is -4.54. The molecule has 3 aliphatic carbocycles. The minimum atomic E-state index is -1.34. The summed E-state index contributed by atoms with van der Waals surface area (Å²) in [6, 6.07) is 19.4. The summed E-state index contributed by atoms with van der Waals surface area (Å²) in [7, 11) is 0. The smallest absolute Gasteiger partial charge is 0.269 e. The lowest BCUT2D eigenvalue weighted by molar-refractivity contribution is -0.147. The predicted molar refractivity (Wildman–Crippen MR) is 142 cm³/mol. The second-order valence-electron chi connectivity index (χ2n) is 9.64. The monoisotopic (exact) mass is 567 g/mol. The molecule has 0 spiro atoms. The topological polar surface area (TPSA) is 95.6 Å². The Hall–Kier alpha value is -3.39. The van der Waals surface area contributed by atoms with Crippen molar-refractivity contribution in [3.05, 3.63) is 106 Å². The molecule has 0 unspecified atom stereocenters. The standard InChI is InChI=1S/C28H20Cl3N3O4/c1-14(23(35)32-33-24(36)15-10-12-16(29)13-11-15)34-25(37)21-22(26(34)38)28(31)18-7-3-2-6-17(18)27(21,30)19-8-4-5-9-20(19)28/h2-14,21-22H,1H3,(H,32,35)(H,33,36)/t14-,21+,22+,27?,28?/m1/s1. The number of alkyl halides is 2. The maximum Gasteiger partial charge on any atom is 0.269 e. The van der Waals surface area contributed by atoms with Gasteiger partial charge in [-0.3, -0.25) is 34.9 Å². The number of nitrogens with zero attached hydrogens (tertiary/aromatic N) is 1. The fraction of sp³-hybridized carbons (Fsp3) is 0.214. The fourth-order valence-electron chi connectivity index (χ4n) is 6.08. The van der Waals surface area contributed by atoms with Crippen LogP contribution in [0.5, 0.6) is 0 Å². The predicted octanol–water partition coefficient (Wildman–Crippen LogP) is 4.08. The van der Waals surface area contributed by atoms with Gasteiger partial charge in [0.1, 0.15) is 15.8 Å². The molecule has 0 radical (unpaired) electrons.